The molecule has 0 spiro atoms. The van der Waals surface area contributed by atoms with E-state index in [-0.39, 0.29) is 11.4 Å². The smallest absolute Gasteiger partial charge is 0.255 e. The van der Waals surface area contributed by atoms with Crippen molar-refractivity contribution in [1.82, 2.24) is 10.2 Å². The molecule has 0 saturated carbocycles. The van der Waals surface area contributed by atoms with Crippen molar-refractivity contribution in [1.29, 1.82) is 0 Å². The van der Waals surface area contributed by atoms with E-state index in [0.29, 0.717) is 23.2 Å². The first-order valence-corrected chi connectivity index (χ1v) is 6.59. The monoisotopic (exact) mass is 266 g/mol. The zero-order valence-corrected chi connectivity index (χ0v) is 11.8. The maximum absolute atomic E-state index is 12.6. The van der Waals surface area contributed by atoms with Crippen LogP contribution in [0.5, 0.6) is 0 Å². The molecule has 1 aromatic rings. The van der Waals surface area contributed by atoms with E-state index in [9.17, 15) is 4.79 Å². The molecule has 1 aliphatic rings. The van der Waals surface area contributed by atoms with Crippen LogP contribution in [0.15, 0.2) is 24.3 Å². The number of nitrogens with one attached hydrogen (secondary N) is 1. The Labute approximate surface area is 113 Å². The molecule has 1 aromatic carbocycles. The zero-order valence-electron chi connectivity index (χ0n) is 11.0. The predicted octanol–water partition coefficient (Wildman–Crippen LogP) is 2.55. The number of halogens is 1. The van der Waals surface area contributed by atoms with E-state index in [1.54, 1.807) is 12.1 Å². The Kier molecular flexibility index (Phi) is 3.64. The van der Waals surface area contributed by atoms with Crippen LogP contribution in [-0.2, 0) is 0 Å². The largest absolute Gasteiger partial charge is 0.331 e. The van der Waals surface area contributed by atoms with Crippen molar-refractivity contribution in [2.24, 2.45) is 0 Å². The van der Waals surface area contributed by atoms with Gasteiger partial charge in [-0.25, -0.2) is 0 Å². The summed E-state index contributed by atoms with van der Waals surface area (Å²) < 4.78 is 0. The van der Waals surface area contributed by atoms with Gasteiger partial charge in [-0.3, -0.25) is 4.79 Å². The number of rotatable bonds is 1. The average Bonchev–Trinajstić information content (AvgIpc) is 2.32. The molecule has 1 fully saturated rings. The summed E-state index contributed by atoms with van der Waals surface area (Å²) in [7, 11) is 0. The molecule has 1 amide bonds. The van der Waals surface area contributed by atoms with E-state index in [0.717, 1.165) is 6.54 Å². The highest BCUT2D eigenvalue weighted by atomic mass is 35.5. The fourth-order valence-corrected chi connectivity index (χ4v) is 2.46. The van der Waals surface area contributed by atoms with Crippen molar-refractivity contribution < 1.29 is 4.79 Å². The molecule has 0 radical (unpaired) electrons. The molecule has 1 heterocycles. The van der Waals surface area contributed by atoms with Crippen molar-refractivity contribution in [2.45, 2.75) is 32.4 Å². The standard InChI is InChI=1S/C14H19ClN2O/c1-10-8-17(14(2,3)9-16-10)13(18)11-6-4-5-7-12(11)15/h4-7,10,16H,8-9H2,1-3H3. The average molecular weight is 267 g/mol. The van der Waals surface area contributed by atoms with Crippen LogP contribution in [0.2, 0.25) is 5.02 Å². The summed E-state index contributed by atoms with van der Waals surface area (Å²) in [6.07, 6.45) is 0. The van der Waals surface area contributed by atoms with E-state index in [1.807, 2.05) is 17.0 Å². The summed E-state index contributed by atoms with van der Waals surface area (Å²) in [6, 6.07) is 7.54. The molecule has 1 aliphatic heterocycles. The molecular weight excluding hydrogens is 248 g/mol. The number of piperazine rings is 1. The molecule has 0 bridgehead atoms. The molecule has 2 rings (SSSR count). The zero-order chi connectivity index (χ0) is 13.3. The Morgan fingerprint density at radius 1 is 1.44 bits per heavy atom. The Bertz CT molecular complexity index is 459. The minimum Gasteiger partial charge on any atom is -0.331 e. The minimum atomic E-state index is -0.192. The number of benzene rings is 1. The summed E-state index contributed by atoms with van der Waals surface area (Å²) in [5, 5.41) is 3.91. The quantitative estimate of drug-likeness (QED) is 0.847. The van der Waals surface area contributed by atoms with Crippen LogP contribution in [0.25, 0.3) is 0 Å². The third kappa shape index (κ3) is 2.52. The van der Waals surface area contributed by atoms with E-state index in [1.165, 1.54) is 0 Å². The summed E-state index contributed by atoms with van der Waals surface area (Å²) in [4.78, 5) is 14.5. The van der Waals surface area contributed by atoms with Crippen molar-refractivity contribution in [2.75, 3.05) is 13.1 Å². The SMILES string of the molecule is CC1CN(C(=O)c2ccccc2Cl)C(C)(C)CN1. The molecule has 4 heteroatoms. The third-order valence-corrected chi connectivity index (χ3v) is 3.75. The molecule has 1 N–H and O–H groups in total. The molecule has 98 valence electrons. The lowest BCUT2D eigenvalue weighted by atomic mass is 9.96. The van der Waals surface area contributed by atoms with Gasteiger partial charge in [0.25, 0.3) is 5.91 Å². The second kappa shape index (κ2) is 4.90. The van der Waals surface area contributed by atoms with Gasteiger partial charge < -0.3 is 10.2 Å². The fourth-order valence-electron chi connectivity index (χ4n) is 2.24. The molecule has 0 aromatic heterocycles. The lowest BCUT2D eigenvalue weighted by Crippen LogP contribution is -2.62. The molecular formula is C14H19ClN2O. The number of nitrogens with zero attached hydrogens (tertiary/aromatic N) is 1. The second-order valence-corrected chi connectivity index (χ2v) is 5.90. The van der Waals surface area contributed by atoms with Crippen molar-refractivity contribution in [3.05, 3.63) is 34.9 Å². The van der Waals surface area contributed by atoms with Crippen LogP contribution in [-0.4, -0.2) is 35.5 Å². The molecule has 18 heavy (non-hydrogen) atoms. The van der Waals surface area contributed by atoms with E-state index < -0.39 is 0 Å². The van der Waals surface area contributed by atoms with Crippen LogP contribution in [0.3, 0.4) is 0 Å². The summed E-state index contributed by atoms with van der Waals surface area (Å²) in [6.45, 7) is 7.73. The highest BCUT2D eigenvalue weighted by Gasteiger charge is 2.36. The first-order valence-electron chi connectivity index (χ1n) is 6.22. The molecule has 1 saturated heterocycles. The van der Waals surface area contributed by atoms with Gasteiger partial charge in [0, 0.05) is 19.1 Å². The molecule has 1 unspecified atom stereocenters. The summed E-state index contributed by atoms with van der Waals surface area (Å²) in [5.74, 6) is 0.0129. The molecule has 3 nitrogen and oxygen atoms in total. The third-order valence-electron chi connectivity index (χ3n) is 3.42. The van der Waals surface area contributed by atoms with Crippen molar-refractivity contribution in [3.8, 4) is 0 Å². The van der Waals surface area contributed by atoms with Crippen LogP contribution < -0.4 is 5.32 Å². The highest BCUT2D eigenvalue weighted by Crippen LogP contribution is 2.24. The predicted molar refractivity (Wildman–Crippen MR) is 74.0 cm³/mol. The number of amides is 1. The first-order chi connectivity index (χ1) is 8.42. The highest BCUT2D eigenvalue weighted by molar-refractivity contribution is 6.33. The Morgan fingerprint density at radius 2 is 2.11 bits per heavy atom. The van der Waals surface area contributed by atoms with Gasteiger partial charge in [-0.1, -0.05) is 23.7 Å². The number of hydrogen-bond acceptors (Lipinski definition) is 2. The van der Waals surface area contributed by atoms with E-state index in [4.69, 9.17) is 11.6 Å². The van der Waals surface area contributed by atoms with Crippen LogP contribution in [0, 0.1) is 0 Å². The van der Waals surface area contributed by atoms with Gasteiger partial charge in [-0.15, -0.1) is 0 Å². The lowest BCUT2D eigenvalue weighted by Gasteiger charge is -2.45. The van der Waals surface area contributed by atoms with Gasteiger partial charge in [0.1, 0.15) is 0 Å². The topological polar surface area (TPSA) is 32.3 Å². The Hall–Kier alpha value is -1.06. The maximum Gasteiger partial charge on any atom is 0.255 e. The van der Waals surface area contributed by atoms with Crippen LogP contribution >= 0.6 is 11.6 Å². The second-order valence-electron chi connectivity index (χ2n) is 5.49. The number of carbonyl (C=O) groups is 1. The van der Waals surface area contributed by atoms with Gasteiger partial charge in [-0.05, 0) is 32.9 Å². The van der Waals surface area contributed by atoms with Crippen molar-refractivity contribution in [3.63, 3.8) is 0 Å². The van der Waals surface area contributed by atoms with Gasteiger partial charge in [0.05, 0.1) is 16.1 Å². The maximum atomic E-state index is 12.6. The van der Waals surface area contributed by atoms with Gasteiger partial charge in [0.15, 0.2) is 0 Å². The van der Waals surface area contributed by atoms with Crippen molar-refractivity contribution >= 4 is 17.5 Å². The Morgan fingerprint density at radius 3 is 2.78 bits per heavy atom. The molecule has 1 atom stereocenters. The van der Waals surface area contributed by atoms with Gasteiger partial charge in [-0.2, -0.15) is 0 Å². The molecule has 0 aliphatic carbocycles. The van der Waals surface area contributed by atoms with E-state index in [2.05, 4.69) is 26.1 Å². The van der Waals surface area contributed by atoms with Gasteiger partial charge >= 0.3 is 0 Å². The Balaban J connectivity index is 2.30. The number of carbonyl (C=O) groups excluding carboxylic acids is 1. The summed E-state index contributed by atoms with van der Waals surface area (Å²) >= 11 is 6.10. The fraction of sp³-hybridized carbons (Fsp3) is 0.500. The number of hydrogen-bond donors (Lipinski definition) is 1. The van der Waals surface area contributed by atoms with E-state index >= 15 is 0 Å². The normalized spacial score (nSPS) is 22.9. The van der Waals surface area contributed by atoms with Crippen LogP contribution in [0.4, 0.5) is 0 Å². The van der Waals surface area contributed by atoms with Gasteiger partial charge in [0.2, 0.25) is 0 Å². The lowest BCUT2D eigenvalue weighted by molar-refractivity contribution is 0.0411. The summed E-state index contributed by atoms with van der Waals surface area (Å²) in [5.41, 5.74) is 0.393. The first kappa shape index (κ1) is 13.4. The van der Waals surface area contributed by atoms with Crippen LogP contribution in [0.1, 0.15) is 31.1 Å². The minimum absolute atomic E-state index is 0.0129.